The van der Waals surface area contributed by atoms with Gasteiger partial charge in [-0.15, -0.1) is 0 Å². The monoisotopic (exact) mass is 244 g/mol. The van der Waals surface area contributed by atoms with E-state index in [1.165, 1.54) is 0 Å². The van der Waals surface area contributed by atoms with Crippen molar-refractivity contribution in [3.8, 4) is 5.88 Å². The van der Waals surface area contributed by atoms with Gasteiger partial charge < -0.3 is 10.1 Å². The van der Waals surface area contributed by atoms with Crippen molar-refractivity contribution in [3.63, 3.8) is 0 Å². The van der Waals surface area contributed by atoms with E-state index in [1.54, 1.807) is 19.4 Å². The van der Waals surface area contributed by atoms with E-state index in [0.29, 0.717) is 11.7 Å². The van der Waals surface area contributed by atoms with Crippen molar-refractivity contribution < 1.29 is 4.74 Å². The number of anilines is 1. The van der Waals surface area contributed by atoms with Gasteiger partial charge in [0.15, 0.2) is 0 Å². The molecule has 94 valence electrons. The summed E-state index contributed by atoms with van der Waals surface area (Å²) in [5.41, 5.74) is 0.965. The SMILES string of the molecule is COc1cc(NC(C)c2ccccn2)nc(C)n1. The van der Waals surface area contributed by atoms with Gasteiger partial charge in [0.1, 0.15) is 11.6 Å². The highest BCUT2D eigenvalue weighted by atomic mass is 16.5. The molecule has 0 saturated carbocycles. The highest BCUT2D eigenvalue weighted by Gasteiger charge is 2.08. The zero-order valence-electron chi connectivity index (χ0n) is 10.7. The molecule has 0 bridgehead atoms. The number of rotatable bonds is 4. The fourth-order valence-electron chi connectivity index (χ4n) is 1.65. The topological polar surface area (TPSA) is 59.9 Å². The lowest BCUT2D eigenvalue weighted by Gasteiger charge is -2.14. The minimum atomic E-state index is 0.0743. The molecule has 0 aliphatic carbocycles. The number of aryl methyl sites for hydroxylation is 1. The number of nitrogens with zero attached hydrogens (tertiary/aromatic N) is 3. The second-order valence-corrected chi connectivity index (χ2v) is 3.96. The van der Waals surface area contributed by atoms with Crippen molar-refractivity contribution in [2.24, 2.45) is 0 Å². The molecule has 0 spiro atoms. The van der Waals surface area contributed by atoms with Crippen LogP contribution in [-0.2, 0) is 0 Å². The lowest BCUT2D eigenvalue weighted by atomic mass is 10.2. The Labute approximate surface area is 106 Å². The van der Waals surface area contributed by atoms with Gasteiger partial charge in [0.05, 0.1) is 18.8 Å². The van der Waals surface area contributed by atoms with Gasteiger partial charge in [0.2, 0.25) is 5.88 Å². The zero-order valence-corrected chi connectivity index (χ0v) is 10.7. The molecule has 2 rings (SSSR count). The predicted octanol–water partition coefficient (Wildman–Crippen LogP) is 2.36. The summed E-state index contributed by atoms with van der Waals surface area (Å²) in [6.07, 6.45) is 1.78. The molecule has 1 unspecified atom stereocenters. The van der Waals surface area contributed by atoms with Gasteiger partial charge in [-0.2, -0.15) is 4.98 Å². The van der Waals surface area contributed by atoms with Crippen molar-refractivity contribution in [1.29, 1.82) is 0 Å². The lowest BCUT2D eigenvalue weighted by molar-refractivity contribution is 0.396. The minimum Gasteiger partial charge on any atom is -0.481 e. The maximum atomic E-state index is 5.12. The summed E-state index contributed by atoms with van der Waals surface area (Å²) in [7, 11) is 1.59. The van der Waals surface area contributed by atoms with E-state index in [0.717, 1.165) is 11.5 Å². The molecule has 0 amide bonds. The number of hydrogen-bond donors (Lipinski definition) is 1. The van der Waals surface area contributed by atoms with Crippen molar-refractivity contribution in [2.75, 3.05) is 12.4 Å². The van der Waals surface area contributed by atoms with Crippen LogP contribution < -0.4 is 10.1 Å². The third-order valence-corrected chi connectivity index (χ3v) is 2.52. The Kier molecular flexibility index (Phi) is 3.72. The van der Waals surface area contributed by atoms with Crippen LogP contribution in [-0.4, -0.2) is 22.1 Å². The Balaban J connectivity index is 2.16. The minimum absolute atomic E-state index is 0.0743. The summed E-state index contributed by atoms with van der Waals surface area (Å²) in [6, 6.07) is 7.68. The van der Waals surface area contributed by atoms with Gasteiger partial charge in [-0.1, -0.05) is 6.07 Å². The maximum Gasteiger partial charge on any atom is 0.218 e. The third-order valence-electron chi connectivity index (χ3n) is 2.52. The second kappa shape index (κ2) is 5.44. The molecular formula is C13H16N4O. The van der Waals surface area contributed by atoms with Crippen molar-refractivity contribution in [2.45, 2.75) is 19.9 Å². The molecule has 0 aliphatic rings. The molecule has 0 saturated heterocycles. The Bertz CT molecular complexity index is 516. The van der Waals surface area contributed by atoms with Crippen LogP contribution in [0, 0.1) is 6.92 Å². The number of aromatic nitrogens is 3. The van der Waals surface area contributed by atoms with E-state index in [1.807, 2.05) is 32.0 Å². The molecule has 2 aromatic heterocycles. The average molecular weight is 244 g/mol. The summed E-state index contributed by atoms with van der Waals surface area (Å²) in [5, 5.41) is 3.28. The van der Waals surface area contributed by atoms with Gasteiger partial charge in [-0.05, 0) is 26.0 Å². The third kappa shape index (κ3) is 2.94. The van der Waals surface area contributed by atoms with Crippen LogP contribution in [0.25, 0.3) is 0 Å². The van der Waals surface area contributed by atoms with E-state index in [4.69, 9.17) is 4.74 Å². The summed E-state index contributed by atoms with van der Waals surface area (Å²) in [4.78, 5) is 12.8. The maximum absolute atomic E-state index is 5.12. The Morgan fingerprint density at radius 3 is 2.78 bits per heavy atom. The van der Waals surface area contributed by atoms with Crippen molar-refractivity contribution >= 4 is 5.82 Å². The van der Waals surface area contributed by atoms with Crippen molar-refractivity contribution in [3.05, 3.63) is 42.0 Å². The van der Waals surface area contributed by atoms with E-state index in [-0.39, 0.29) is 6.04 Å². The Morgan fingerprint density at radius 2 is 2.11 bits per heavy atom. The summed E-state index contributed by atoms with van der Waals surface area (Å²) < 4.78 is 5.12. The van der Waals surface area contributed by atoms with Crippen LogP contribution in [0.2, 0.25) is 0 Å². The quantitative estimate of drug-likeness (QED) is 0.894. The first-order chi connectivity index (χ1) is 8.69. The van der Waals surface area contributed by atoms with Gasteiger partial charge >= 0.3 is 0 Å². The summed E-state index contributed by atoms with van der Waals surface area (Å²) in [6.45, 7) is 3.87. The van der Waals surface area contributed by atoms with Crippen molar-refractivity contribution in [1.82, 2.24) is 15.0 Å². The number of ether oxygens (including phenoxy) is 1. The van der Waals surface area contributed by atoms with Crippen LogP contribution in [0.3, 0.4) is 0 Å². The van der Waals surface area contributed by atoms with E-state index >= 15 is 0 Å². The number of methoxy groups -OCH3 is 1. The molecule has 1 N–H and O–H groups in total. The lowest BCUT2D eigenvalue weighted by Crippen LogP contribution is -2.10. The second-order valence-electron chi connectivity index (χ2n) is 3.96. The van der Waals surface area contributed by atoms with Crippen LogP contribution >= 0.6 is 0 Å². The first-order valence-corrected chi connectivity index (χ1v) is 5.76. The van der Waals surface area contributed by atoms with Crippen LogP contribution in [0.5, 0.6) is 5.88 Å². The first-order valence-electron chi connectivity index (χ1n) is 5.76. The van der Waals surface area contributed by atoms with Gasteiger partial charge in [0.25, 0.3) is 0 Å². The van der Waals surface area contributed by atoms with Gasteiger partial charge in [0, 0.05) is 12.3 Å². The molecule has 0 fully saturated rings. The highest BCUT2D eigenvalue weighted by molar-refractivity contribution is 5.40. The van der Waals surface area contributed by atoms with Crippen LogP contribution in [0.15, 0.2) is 30.5 Å². The standard InChI is InChI=1S/C13H16N4O/c1-9(11-6-4-5-7-14-11)15-12-8-13(18-3)17-10(2)16-12/h4-9H,1-3H3,(H,15,16,17). The largest absolute Gasteiger partial charge is 0.481 e. The molecule has 2 aromatic rings. The molecule has 5 heteroatoms. The summed E-state index contributed by atoms with van der Waals surface area (Å²) >= 11 is 0. The smallest absolute Gasteiger partial charge is 0.218 e. The molecule has 0 radical (unpaired) electrons. The molecule has 0 aliphatic heterocycles. The average Bonchev–Trinajstić information content (AvgIpc) is 2.39. The predicted molar refractivity (Wildman–Crippen MR) is 69.6 cm³/mol. The molecule has 2 heterocycles. The fourth-order valence-corrected chi connectivity index (χ4v) is 1.65. The Hall–Kier alpha value is -2.17. The molecule has 1 atom stereocenters. The van der Waals surface area contributed by atoms with Crippen LogP contribution in [0.4, 0.5) is 5.82 Å². The normalized spacial score (nSPS) is 11.9. The number of hydrogen-bond acceptors (Lipinski definition) is 5. The Morgan fingerprint density at radius 1 is 1.28 bits per heavy atom. The van der Waals surface area contributed by atoms with E-state index in [2.05, 4.69) is 20.3 Å². The van der Waals surface area contributed by atoms with E-state index < -0.39 is 0 Å². The summed E-state index contributed by atoms with van der Waals surface area (Å²) in [5.74, 6) is 1.96. The van der Waals surface area contributed by atoms with E-state index in [9.17, 15) is 0 Å². The van der Waals surface area contributed by atoms with Gasteiger partial charge in [-0.25, -0.2) is 4.98 Å². The van der Waals surface area contributed by atoms with Gasteiger partial charge in [-0.3, -0.25) is 4.98 Å². The number of pyridine rings is 1. The molecule has 0 aromatic carbocycles. The number of nitrogens with one attached hydrogen (secondary N) is 1. The zero-order chi connectivity index (χ0) is 13.0. The first kappa shape index (κ1) is 12.3. The fraction of sp³-hybridized carbons (Fsp3) is 0.308. The van der Waals surface area contributed by atoms with Crippen LogP contribution in [0.1, 0.15) is 24.5 Å². The molecular weight excluding hydrogens is 228 g/mol. The highest BCUT2D eigenvalue weighted by Crippen LogP contribution is 2.18. The molecule has 18 heavy (non-hydrogen) atoms. The molecule has 5 nitrogen and oxygen atoms in total.